The van der Waals surface area contributed by atoms with E-state index >= 15 is 0 Å². The predicted octanol–water partition coefficient (Wildman–Crippen LogP) is 2.09. The molecule has 9 nitrogen and oxygen atoms in total. The molecule has 0 radical (unpaired) electrons. The van der Waals surface area contributed by atoms with Crippen LogP contribution in [0.3, 0.4) is 0 Å². The van der Waals surface area contributed by atoms with Crippen molar-refractivity contribution in [3.63, 3.8) is 0 Å². The minimum atomic E-state index is -0.832. The maximum atomic E-state index is 12.7. The molecule has 1 aromatic carbocycles. The van der Waals surface area contributed by atoms with E-state index in [-0.39, 0.29) is 43.2 Å². The number of ether oxygens (including phenoxy) is 1. The van der Waals surface area contributed by atoms with Gasteiger partial charge in [0.1, 0.15) is 5.76 Å². The number of carbonyl (C=O) groups is 2. The third-order valence-electron chi connectivity index (χ3n) is 4.42. The minimum Gasteiger partial charge on any atom is -0.507 e. The Kier molecular flexibility index (Phi) is 6.37. The standard InChI is InChI=1S/C19H18N2O7S/c22-8-10-28-9-7-20-16(14-2-1-11-29-14)15(18(24)19(20)25)17(23)12-3-5-13(6-4-12)21(26)27/h1-6,11,16,22-23H,7-10H2/t16-/m1/s1. The third kappa shape index (κ3) is 4.19. The van der Waals surface area contributed by atoms with E-state index < -0.39 is 28.4 Å². The summed E-state index contributed by atoms with van der Waals surface area (Å²) < 4.78 is 5.22. The number of nitro benzene ring substituents is 1. The molecule has 152 valence electrons. The summed E-state index contributed by atoms with van der Waals surface area (Å²) in [6.45, 7) is 0.168. The number of Topliss-reactive ketones (excluding diaryl/α,β-unsaturated/α-hetero) is 1. The Bertz CT molecular complexity index is 938. The van der Waals surface area contributed by atoms with Crippen molar-refractivity contribution in [3.8, 4) is 0 Å². The SMILES string of the molecule is O=C1C(=O)N(CCOCCO)[C@H](c2cccs2)C1=C(O)c1ccc([N+](=O)[O-])cc1. The second kappa shape index (κ2) is 8.95. The van der Waals surface area contributed by atoms with E-state index in [1.54, 1.807) is 17.5 Å². The van der Waals surface area contributed by atoms with E-state index in [0.29, 0.717) is 4.88 Å². The number of hydrogen-bond acceptors (Lipinski definition) is 8. The van der Waals surface area contributed by atoms with Crippen molar-refractivity contribution in [2.75, 3.05) is 26.4 Å². The lowest BCUT2D eigenvalue weighted by molar-refractivity contribution is -0.384. The number of non-ortho nitro benzene ring substituents is 1. The Hall–Kier alpha value is -3.08. The smallest absolute Gasteiger partial charge is 0.295 e. The van der Waals surface area contributed by atoms with E-state index in [1.807, 2.05) is 0 Å². The quantitative estimate of drug-likeness (QED) is 0.168. The van der Waals surface area contributed by atoms with Gasteiger partial charge in [-0.25, -0.2) is 0 Å². The lowest BCUT2D eigenvalue weighted by Crippen LogP contribution is -2.32. The molecule has 0 unspecified atom stereocenters. The predicted molar refractivity (Wildman–Crippen MR) is 104 cm³/mol. The Morgan fingerprint density at radius 3 is 2.52 bits per heavy atom. The molecule has 2 N–H and O–H groups in total. The lowest BCUT2D eigenvalue weighted by atomic mass is 10.00. The summed E-state index contributed by atoms with van der Waals surface area (Å²) >= 11 is 1.33. The van der Waals surface area contributed by atoms with Gasteiger partial charge < -0.3 is 19.8 Å². The zero-order chi connectivity index (χ0) is 21.0. The van der Waals surface area contributed by atoms with Crippen molar-refractivity contribution in [2.45, 2.75) is 6.04 Å². The number of likely N-dealkylation sites (tertiary alicyclic amines) is 1. The Balaban J connectivity index is 2.00. The molecule has 0 saturated carbocycles. The van der Waals surface area contributed by atoms with Crippen LogP contribution in [-0.2, 0) is 14.3 Å². The monoisotopic (exact) mass is 418 g/mol. The summed E-state index contributed by atoms with van der Waals surface area (Å²) in [7, 11) is 0. The van der Waals surface area contributed by atoms with E-state index in [9.17, 15) is 24.8 Å². The van der Waals surface area contributed by atoms with Crippen molar-refractivity contribution in [3.05, 3.63) is 67.9 Å². The van der Waals surface area contributed by atoms with Crippen LogP contribution in [0.5, 0.6) is 0 Å². The van der Waals surface area contributed by atoms with Gasteiger partial charge in [0.2, 0.25) is 0 Å². The van der Waals surface area contributed by atoms with Crippen molar-refractivity contribution >= 4 is 34.5 Å². The fourth-order valence-corrected chi connectivity index (χ4v) is 3.92. The van der Waals surface area contributed by atoms with Crippen LogP contribution in [0.15, 0.2) is 47.4 Å². The molecule has 0 spiro atoms. The minimum absolute atomic E-state index is 0.0755. The molecule has 29 heavy (non-hydrogen) atoms. The summed E-state index contributed by atoms with van der Waals surface area (Å²) in [6.07, 6.45) is 0. The van der Waals surface area contributed by atoms with Crippen molar-refractivity contribution in [1.82, 2.24) is 4.90 Å². The molecule has 0 aliphatic carbocycles. The van der Waals surface area contributed by atoms with Crippen LogP contribution in [-0.4, -0.2) is 58.1 Å². The van der Waals surface area contributed by atoms with Gasteiger partial charge in [0.15, 0.2) is 0 Å². The maximum absolute atomic E-state index is 12.7. The van der Waals surface area contributed by atoms with Crippen molar-refractivity contribution < 1.29 is 29.5 Å². The van der Waals surface area contributed by atoms with E-state index in [4.69, 9.17) is 9.84 Å². The normalized spacial score (nSPS) is 18.4. The summed E-state index contributed by atoms with van der Waals surface area (Å²) in [4.78, 5) is 37.6. The molecule has 1 aliphatic rings. The summed E-state index contributed by atoms with van der Waals surface area (Å²) in [5.41, 5.74) is -0.0296. The average molecular weight is 418 g/mol. The molecule has 10 heteroatoms. The van der Waals surface area contributed by atoms with Crippen LogP contribution in [0.1, 0.15) is 16.5 Å². The Morgan fingerprint density at radius 1 is 1.21 bits per heavy atom. The highest BCUT2D eigenvalue weighted by Crippen LogP contribution is 2.40. The van der Waals surface area contributed by atoms with Gasteiger partial charge in [0.05, 0.1) is 36.4 Å². The molecule has 1 amide bonds. The number of carbonyl (C=O) groups excluding carboxylic acids is 2. The first kappa shape index (κ1) is 20.6. The summed E-state index contributed by atoms with van der Waals surface area (Å²) in [5, 5.41) is 32.2. The summed E-state index contributed by atoms with van der Waals surface area (Å²) in [6, 6.07) is 7.83. The molecule has 0 bridgehead atoms. The van der Waals surface area contributed by atoms with Crippen molar-refractivity contribution in [2.24, 2.45) is 0 Å². The molecule has 1 aromatic heterocycles. The fourth-order valence-electron chi connectivity index (χ4n) is 3.08. The zero-order valence-corrected chi connectivity index (χ0v) is 16.0. The van der Waals surface area contributed by atoms with Crippen LogP contribution in [0.25, 0.3) is 5.76 Å². The molecule has 2 heterocycles. The fraction of sp³-hybridized carbons (Fsp3) is 0.263. The number of rotatable bonds is 8. The molecular weight excluding hydrogens is 400 g/mol. The number of aliphatic hydroxyl groups excluding tert-OH is 2. The van der Waals surface area contributed by atoms with Gasteiger partial charge in [0.25, 0.3) is 17.4 Å². The number of hydrogen-bond donors (Lipinski definition) is 2. The average Bonchev–Trinajstić information content (AvgIpc) is 3.33. The second-order valence-corrected chi connectivity index (χ2v) is 7.13. The maximum Gasteiger partial charge on any atom is 0.295 e. The van der Waals surface area contributed by atoms with Gasteiger partial charge >= 0.3 is 0 Å². The van der Waals surface area contributed by atoms with Crippen molar-refractivity contribution in [1.29, 1.82) is 0 Å². The van der Waals surface area contributed by atoms with E-state index in [2.05, 4.69) is 0 Å². The van der Waals surface area contributed by atoms with E-state index in [1.165, 1.54) is 40.5 Å². The van der Waals surface area contributed by atoms with Gasteiger partial charge in [-0.2, -0.15) is 0 Å². The second-order valence-electron chi connectivity index (χ2n) is 6.15. The molecule has 1 atom stereocenters. The van der Waals surface area contributed by atoms with Gasteiger partial charge in [-0.1, -0.05) is 6.07 Å². The first-order valence-corrected chi connectivity index (χ1v) is 9.59. The van der Waals surface area contributed by atoms with Crippen LogP contribution < -0.4 is 0 Å². The largest absolute Gasteiger partial charge is 0.507 e. The molecule has 2 aromatic rings. The molecular formula is C19H18N2O7S. The van der Waals surface area contributed by atoms with Gasteiger partial charge in [-0.05, 0) is 23.6 Å². The Morgan fingerprint density at radius 2 is 1.93 bits per heavy atom. The third-order valence-corrected chi connectivity index (χ3v) is 5.34. The molecule has 1 saturated heterocycles. The molecule has 1 aliphatic heterocycles. The number of thiophene rings is 1. The molecule has 3 rings (SSSR count). The van der Waals surface area contributed by atoms with Gasteiger partial charge in [0, 0.05) is 29.1 Å². The zero-order valence-electron chi connectivity index (χ0n) is 15.2. The number of nitrogens with zero attached hydrogens (tertiary/aromatic N) is 2. The van der Waals surface area contributed by atoms with Crippen LogP contribution in [0.4, 0.5) is 5.69 Å². The summed E-state index contributed by atoms with van der Waals surface area (Å²) in [5.74, 6) is -1.99. The highest BCUT2D eigenvalue weighted by molar-refractivity contribution is 7.10. The first-order chi connectivity index (χ1) is 14.0. The number of aliphatic hydroxyl groups is 2. The first-order valence-electron chi connectivity index (χ1n) is 8.71. The van der Waals surface area contributed by atoms with Gasteiger partial charge in [-0.15, -0.1) is 11.3 Å². The topological polar surface area (TPSA) is 130 Å². The van der Waals surface area contributed by atoms with Crippen LogP contribution in [0, 0.1) is 10.1 Å². The highest BCUT2D eigenvalue weighted by atomic mass is 32.1. The van der Waals surface area contributed by atoms with Gasteiger partial charge in [-0.3, -0.25) is 19.7 Å². The van der Waals surface area contributed by atoms with Crippen LogP contribution in [0.2, 0.25) is 0 Å². The number of ketones is 1. The number of amides is 1. The molecule has 1 fully saturated rings. The lowest BCUT2D eigenvalue weighted by Gasteiger charge is -2.23. The highest BCUT2D eigenvalue weighted by Gasteiger charge is 2.46. The van der Waals surface area contributed by atoms with Crippen LogP contribution >= 0.6 is 11.3 Å². The van der Waals surface area contributed by atoms with E-state index in [0.717, 1.165) is 0 Å². The Labute approximate surface area is 169 Å². The number of nitro groups is 1. The number of benzene rings is 1.